The summed E-state index contributed by atoms with van der Waals surface area (Å²) < 4.78 is 16.3. The number of halogens is 1. The number of hydrogen-bond acceptors (Lipinski definition) is 5. The molecule has 5 rings (SSSR count). The van der Waals surface area contributed by atoms with Crippen molar-refractivity contribution in [2.75, 3.05) is 13.1 Å². The maximum absolute atomic E-state index is 13.3. The van der Waals surface area contributed by atoms with Crippen molar-refractivity contribution < 1.29 is 9.18 Å². The molecule has 1 aliphatic carbocycles. The molecule has 1 aliphatic heterocycles. The van der Waals surface area contributed by atoms with Gasteiger partial charge in [0.1, 0.15) is 18.5 Å². The molecule has 2 fully saturated rings. The number of carbonyl (C=O) groups excluding carboxylic acids is 1. The lowest BCUT2D eigenvalue weighted by molar-refractivity contribution is -0.135. The molecular formula is C22H23FN6O2. The summed E-state index contributed by atoms with van der Waals surface area (Å²) in [7, 11) is 0. The molecule has 9 heteroatoms. The molecule has 160 valence electrons. The van der Waals surface area contributed by atoms with Crippen molar-refractivity contribution >= 4 is 5.91 Å². The van der Waals surface area contributed by atoms with Crippen LogP contribution in [-0.4, -0.2) is 48.4 Å². The highest BCUT2D eigenvalue weighted by Crippen LogP contribution is 2.50. The van der Waals surface area contributed by atoms with Crippen LogP contribution < -0.4 is 5.56 Å². The zero-order valence-corrected chi connectivity index (χ0v) is 17.0. The smallest absolute Gasteiger partial charge is 0.266 e. The first kappa shape index (κ1) is 19.6. The van der Waals surface area contributed by atoms with Gasteiger partial charge in [0.25, 0.3) is 5.56 Å². The number of piperidine rings is 1. The summed E-state index contributed by atoms with van der Waals surface area (Å²) in [6.45, 7) is 1.82. The van der Waals surface area contributed by atoms with Crippen LogP contribution in [0.1, 0.15) is 31.2 Å². The van der Waals surface area contributed by atoms with Crippen molar-refractivity contribution in [3.05, 3.63) is 70.8 Å². The van der Waals surface area contributed by atoms with Gasteiger partial charge in [-0.15, -0.1) is 5.10 Å². The molecule has 2 aromatic heterocycles. The summed E-state index contributed by atoms with van der Waals surface area (Å²) in [4.78, 5) is 31.3. The summed E-state index contributed by atoms with van der Waals surface area (Å²) >= 11 is 0. The summed E-state index contributed by atoms with van der Waals surface area (Å²) in [6.07, 6.45) is 6.20. The van der Waals surface area contributed by atoms with Crippen molar-refractivity contribution in [1.82, 2.24) is 29.4 Å². The number of carbonyl (C=O) groups is 1. The minimum absolute atomic E-state index is 0.140. The van der Waals surface area contributed by atoms with Crippen molar-refractivity contribution in [2.45, 2.75) is 37.6 Å². The zero-order valence-electron chi connectivity index (χ0n) is 17.0. The molecular weight excluding hydrogens is 399 g/mol. The second-order valence-corrected chi connectivity index (χ2v) is 8.38. The Morgan fingerprint density at radius 1 is 1.10 bits per heavy atom. The molecule has 3 aromatic rings. The molecule has 3 heterocycles. The third kappa shape index (κ3) is 3.75. The fourth-order valence-corrected chi connectivity index (χ4v) is 4.40. The SMILES string of the molecule is O=C(N1CCC(Cn2nc(-n3cncn3)ccc2=O)CC1)C1(c2ccc(F)cc2)CC1. The van der Waals surface area contributed by atoms with E-state index in [0.717, 1.165) is 31.2 Å². The molecule has 1 saturated carbocycles. The van der Waals surface area contributed by atoms with E-state index in [1.165, 1.54) is 40.2 Å². The highest BCUT2D eigenvalue weighted by molar-refractivity contribution is 5.91. The second-order valence-electron chi connectivity index (χ2n) is 8.38. The van der Waals surface area contributed by atoms with E-state index in [1.54, 1.807) is 18.2 Å². The summed E-state index contributed by atoms with van der Waals surface area (Å²) in [5.41, 5.74) is 0.267. The molecule has 8 nitrogen and oxygen atoms in total. The topological polar surface area (TPSA) is 85.9 Å². The van der Waals surface area contributed by atoms with Gasteiger partial charge in [-0.1, -0.05) is 12.1 Å². The second kappa shape index (κ2) is 7.72. The number of hydrogen-bond donors (Lipinski definition) is 0. The van der Waals surface area contributed by atoms with Crippen LogP contribution in [0.15, 0.2) is 53.8 Å². The molecule has 1 saturated heterocycles. The van der Waals surface area contributed by atoms with Crippen LogP contribution in [0, 0.1) is 11.7 Å². The first-order valence-corrected chi connectivity index (χ1v) is 10.5. The molecule has 0 atom stereocenters. The lowest BCUT2D eigenvalue weighted by Gasteiger charge is -2.34. The normalized spacial score (nSPS) is 18.2. The van der Waals surface area contributed by atoms with E-state index in [-0.39, 0.29) is 23.2 Å². The van der Waals surface area contributed by atoms with E-state index < -0.39 is 5.41 Å². The van der Waals surface area contributed by atoms with Gasteiger partial charge < -0.3 is 4.90 Å². The van der Waals surface area contributed by atoms with Crippen LogP contribution in [0.25, 0.3) is 5.82 Å². The molecule has 0 bridgehead atoms. The standard InChI is InChI=1S/C22H23FN6O2/c23-18-3-1-17(2-4-18)22(9-10-22)21(31)27-11-7-16(8-12-27)13-28-20(30)6-5-19(26-28)29-15-24-14-25-29/h1-6,14-16H,7-13H2. The number of rotatable bonds is 5. The van der Waals surface area contributed by atoms with E-state index in [4.69, 9.17) is 0 Å². The van der Waals surface area contributed by atoms with Crippen LogP contribution >= 0.6 is 0 Å². The fourth-order valence-electron chi connectivity index (χ4n) is 4.40. The highest BCUT2D eigenvalue weighted by atomic mass is 19.1. The Hall–Kier alpha value is -3.36. The zero-order chi connectivity index (χ0) is 21.4. The predicted octanol–water partition coefficient (Wildman–Crippen LogP) is 1.93. The minimum atomic E-state index is -0.481. The van der Waals surface area contributed by atoms with Crippen LogP contribution in [0.2, 0.25) is 0 Å². The lowest BCUT2D eigenvalue weighted by Crippen LogP contribution is -2.45. The van der Waals surface area contributed by atoms with E-state index in [9.17, 15) is 14.0 Å². The van der Waals surface area contributed by atoms with Crippen LogP contribution in [0.3, 0.4) is 0 Å². The minimum Gasteiger partial charge on any atom is -0.342 e. The summed E-state index contributed by atoms with van der Waals surface area (Å²) in [5, 5.41) is 8.47. The first-order chi connectivity index (χ1) is 15.0. The van der Waals surface area contributed by atoms with Crippen LogP contribution in [0.4, 0.5) is 4.39 Å². The maximum atomic E-state index is 13.3. The lowest BCUT2D eigenvalue weighted by atomic mass is 9.91. The molecule has 1 amide bonds. The molecule has 0 radical (unpaired) electrons. The largest absolute Gasteiger partial charge is 0.342 e. The first-order valence-electron chi connectivity index (χ1n) is 10.5. The third-order valence-corrected chi connectivity index (χ3v) is 6.40. The van der Waals surface area contributed by atoms with Gasteiger partial charge >= 0.3 is 0 Å². The number of benzene rings is 1. The van der Waals surface area contributed by atoms with Crippen molar-refractivity contribution in [3.63, 3.8) is 0 Å². The van der Waals surface area contributed by atoms with E-state index in [0.29, 0.717) is 25.5 Å². The van der Waals surface area contributed by atoms with Gasteiger partial charge in [0.15, 0.2) is 5.82 Å². The van der Waals surface area contributed by atoms with Crippen LogP contribution in [-0.2, 0) is 16.8 Å². The summed E-state index contributed by atoms with van der Waals surface area (Å²) in [5.74, 6) is 0.659. The number of likely N-dealkylation sites (tertiary alicyclic amines) is 1. The van der Waals surface area contributed by atoms with Crippen molar-refractivity contribution in [3.8, 4) is 5.82 Å². The van der Waals surface area contributed by atoms with Gasteiger partial charge in [-0.05, 0) is 55.4 Å². The Morgan fingerprint density at radius 2 is 1.84 bits per heavy atom. The Balaban J connectivity index is 1.23. The molecule has 2 aliphatic rings. The fraction of sp³-hybridized carbons (Fsp3) is 0.409. The van der Waals surface area contributed by atoms with E-state index in [2.05, 4.69) is 15.2 Å². The third-order valence-electron chi connectivity index (χ3n) is 6.40. The van der Waals surface area contributed by atoms with Crippen molar-refractivity contribution in [1.29, 1.82) is 0 Å². The maximum Gasteiger partial charge on any atom is 0.266 e. The quantitative estimate of drug-likeness (QED) is 0.627. The van der Waals surface area contributed by atoms with Crippen molar-refractivity contribution in [2.24, 2.45) is 5.92 Å². The van der Waals surface area contributed by atoms with E-state index >= 15 is 0 Å². The Morgan fingerprint density at radius 3 is 2.48 bits per heavy atom. The predicted molar refractivity (Wildman–Crippen MR) is 110 cm³/mol. The Kier molecular flexibility index (Phi) is 4.88. The molecule has 0 unspecified atom stereocenters. The average Bonchev–Trinajstić information content (AvgIpc) is 3.41. The van der Waals surface area contributed by atoms with Gasteiger partial charge in [-0.2, -0.15) is 5.10 Å². The molecule has 0 N–H and O–H groups in total. The molecule has 1 aromatic carbocycles. The Labute approximate surface area is 178 Å². The number of nitrogens with zero attached hydrogens (tertiary/aromatic N) is 6. The van der Waals surface area contributed by atoms with Crippen LogP contribution in [0.5, 0.6) is 0 Å². The molecule has 0 spiro atoms. The molecule has 31 heavy (non-hydrogen) atoms. The summed E-state index contributed by atoms with van der Waals surface area (Å²) in [6, 6.07) is 9.42. The number of aromatic nitrogens is 5. The van der Waals surface area contributed by atoms with Gasteiger partial charge in [-0.25, -0.2) is 18.7 Å². The van der Waals surface area contributed by atoms with Gasteiger partial charge in [0.05, 0.1) is 5.41 Å². The van der Waals surface area contributed by atoms with Gasteiger partial charge in [-0.3, -0.25) is 9.59 Å². The van der Waals surface area contributed by atoms with Gasteiger partial charge in [0, 0.05) is 25.7 Å². The monoisotopic (exact) mass is 422 g/mol. The number of amides is 1. The highest BCUT2D eigenvalue weighted by Gasteiger charge is 2.53. The average molecular weight is 422 g/mol. The Bertz CT molecular complexity index is 1130. The van der Waals surface area contributed by atoms with Gasteiger partial charge in [0.2, 0.25) is 5.91 Å². The van der Waals surface area contributed by atoms with E-state index in [1.807, 2.05) is 4.90 Å².